The van der Waals surface area contributed by atoms with Crippen molar-refractivity contribution in [3.05, 3.63) is 71.4 Å². The van der Waals surface area contributed by atoms with Crippen molar-refractivity contribution in [2.24, 2.45) is 11.8 Å². The van der Waals surface area contributed by atoms with Gasteiger partial charge in [-0.2, -0.15) is 0 Å². The first kappa shape index (κ1) is 25.7. The largest absolute Gasteiger partial charge is 0.497 e. The van der Waals surface area contributed by atoms with E-state index in [1.165, 1.54) is 11.1 Å². The number of piperidine rings is 1. The maximum atomic E-state index is 11.3. The number of carboxylic acid groups (broad SMARTS) is 1. The number of pyridine rings is 1. The third kappa shape index (κ3) is 6.86. The van der Waals surface area contributed by atoms with Gasteiger partial charge in [-0.25, -0.2) is 0 Å². The summed E-state index contributed by atoms with van der Waals surface area (Å²) in [5.74, 6) is 7.74. The summed E-state index contributed by atoms with van der Waals surface area (Å²) in [5.41, 5.74) is 4.57. The second-order valence-corrected chi connectivity index (χ2v) is 9.84. The van der Waals surface area contributed by atoms with Crippen LogP contribution in [0.4, 0.5) is 0 Å². The molecule has 36 heavy (non-hydrogen) atoms. The predicted molar refractivity (Wildman–Crippen MR) is 144 cm³/mol. The van der Waals surface area contributed by atoms with E-state index in [0.717, 1.165) is 74.0 Å². The number of benzene rings is 2. The molecule has 0 amide bonds. The number of carbonyl (C=O) groups is 1. The van der Waals surface area contributed by atoms with Crippen LogP contribution in [0.3, 0.4) is 0 Å². The minimum absolute atomic E-state index is 0.235. The fourth-order valence-electron chi connectivity index (χ4n) is 5.36. The SMILES string of the molecule is COc1ccc2nccc(CCCC3CCN(CC#Cc4ccccc4C)CC3CCC(=O)O)c2c1. The second-order valence-electron chi connectivity index (χ2n) is 9.84. The quantitative estimate of drug-likeness (QED) is 0.393. The predicted octanol–water partition coefficient (Wildman–Crippen LogP) is 5.73. The molecule has 1 aliphatic rings. The molecule has 5 heteroatoms. The van der Waals surface area contributed by atoms with Crippen LogP contribution in [0.5, 0.6) is 5.75 Å². The lowest BCUT2D eigenvalue weighted by molar-refractivity contribution is -0.137. The van der Waals surface area contributed by atoms with Crippen molar-refractivity contribution in [2.75, 3.05) is 26.7 Å². The van der Waals surface area contributed by atoms with Gasteiger partial charge in [0.05, 0.1) is 19.2 Å². The standard InChI is InChI=1S/C31H36N2O3/c1-23-7-3-4-8-24(23)11-6-19-33-20-17-25(27(22-33)12-15-31(34)35)9-5-10-26-16-18-32-30-14-13-28(36-2)21-29(26)30/h3-4,7-8,13-14,16,18,21,25,27H,5,9-10,12,15,17,19-20,22H2,1-2H3,(H,34,35). The van der Waals surface area contributed by atoms with Crippen molar-refractivity contribution in [1.29, 1.82) is 0 Å². The average Bonchev–Trinajstić information content (AvgIpc) is 2.89. The van der Waals surface area contributed by atoms with Crippen molar-refractivity contribution < 1.29 is 14.6 Å². The van der Waals surface area contributed by atoms with Crippen LogP contribution in [0.2, 0.25) is 0 Å². The molecule has 2 unspecified atom stereocenters. The third-order valence-corrected chi connectivity index (χ3v) is 7.44. The lowest BCUT2D eigenvalue weighted by Crippen LogP contribution is -2.41. The van der Waals surface area contributed by atoms with Gasteiger partial charge in [0, 0.05) is 30.1 Å². The molecule has 2 aromatic carbocycles. The number of aryl methyl sites for hydroxylation is 2. The second kappa shape index (κ2) is 12.6. The summed E-state index contributed by atoms with van der Waals surface area (Å²) >= 11 is 0. The van der Waals surface area contributed by atoms with Gasteiger partial charge in [-0.1, -0.05) is 30.0 Å². The van der Waals surface area contributed by atoms with Crippen molar-refractivity contribution in [3.8, 4) is 17.6 Å². The topological polar surface area (TPSA) is 62.7 Å². The summed E-state index contributed by atoms with van der Waals surface area (Å²) in [6.45, 7) is 4.76. The van der Waals surface area contributed by atoms with Crippen molar-refractivity contribution >= 4 is 16.9 Å². The van der Waals surface area contributed by atoms with Gasteiger partial charge in [-0.05, 0) is 98.9 Å². The first-order chi connectivity index (χ1) is 17.5. The zero-order chi connectivity index (χ0) is 25.3. The Bertz CT molecular complexity index is 1240. The van der Waals surface area contributed by atoms with E-state index in [4.69, 9.17) is 4.74 Å². The fourth-order valence-corrected chi connectivity index (χ4v) is 5.36. The summed E-state index contributed by atoms with van der Waals surface area (Å²) in [4.78, 5) is 18.2. The van der Waals surface area contributed by atoms with E-state index < -0.39 is 5.97 Å². The highest BCUT2D eigenvalue weighted by Gasteiger charge is 2.29. The Labute approximate surface area is 214 Å². The average molecular weight is 485 g/mol. The summed E-state index contributed by atoms with van der Waals surface area (Å²) in [6, 6.07) is 16.4. The lowest BCUT2D eigenvalue weighted by atomic mass is 9.79. The van der Waals surface area contributed by atoms with Crippen molar-refractivity contribution in [1.82, 2.24) is 9.88 Å². The summed E-state index contributed by atoms with van der Waals surface area (Å²) in [5, 5.41) is 10.5. The van der Waals surface area contributed by atoms with E-state index >= 15 is 0 Å². The Balaban J connectivity index is 1.36. The Morgan fingerprint density at radius 2 is 2.03 bits per heavy atom. The molecule has 2 atom stereocenters. The molecule has 3 aromatic rings. The number of rotatable bonds is 9. The van der Waals surface area contributed by atoms with Gasteiger partial charge < -0.3 is 9.84 Å². The zero-order valence-corrected chi connectivity index (χ0v) is 21.4. The van der Waals surface area contributed by atoms with Crippen LogP contribution in [0, 0.1) is 30.6 Å². The molecule has 1 N–H and O–H groups in total. The van der Waals surface area contributed by atoms with Crippen LogP contribution in [0.15, 0.2) is 54.7 Å². The number of nitrogens with zero attached hydrogens (tertiary/aromatic N) is 2. The number of hydrogen-bond acceptors (Lipinski definition) is 4. The Hall–Kier alpha value is -3.36. The molecule has 0 spiro atoms. The van der Waals surface area contributed by atoms with Crippen LogP contribution in [-0.2, 0) is 11.2 Å². The van der Waals surface area contributed by atoms with Crippen molar-refractivity contribution in [3.63, 3.8) is 0 Å². The first-order valence-electron chi connectivity index (χ1n) is 12.9. The van der Waals surface area contributed by atoms with Crippen LogP contribution in [-0.4, -0.2) is 47.7 Å². The number of ether oxygens (including phenoxy) is 1. The molecule has 2 heterocycles. The lowest BCUT2D eigenvalue weighted by Gasteiger charge is -2.38. The first-order valence-corrected chi connectivity index (χ1v) is 12.9. The monoisotopic (exact) mass is 484 g/mol. The number of aromatic nitrogens is 1. The Kier molecular flexibility index (Phi) is 8.97. The molecule has 1 fully saturated rings. The maximum absolute atomic E-state index is 11.3. The van der Waals surface area contributed by atoms with E-state index in [1.54, 1.807) is 7.11 Å². The number of fused-ring (bicyclic) bond motifs is 1. The van der Waals surface area contributed by atoms with Crippen molar-refractivity contribution in [2.45, 2.75) is 45.4 Å². The molecular formula is C31H36N2O3. The number of hydrogen-bond donors (Lipinski definition) is 1. The Morgan fingerprint density at radius 1 is 1.17 bits per heavy atom. The van der Waals surface area contributed by atoms with Crippen LogP contribution in [0.1, 0.15) is 48.8 Å². The highest BCUT2D eigenvalue weighted by molar-refractivity contribution is 5.83. The summed E-state index contributed by atoms with van der Waals surface area (Å²) in [6.07, 6.45) is 7.13. The molecule has 4 rings (SSSR count). The minimum atomic E-state index is -0.706. The van der Waals surface area contributed by atoms with Gasteiger partial charge in [0.25, 0.3) is 0 Å². The number of carboxylic acids is 1. The number of likely N-dealkylation sites (tertiary alicyclic amines) is 1. The molecular weight excluding hydrogens is 448 g/mol. The van der Waals surface area contributed by atoms with E-state index in [0.29, 0.717) is 11.8 Å². The molecule has 0 aliphatic carbocycles. The molecule has 5 nitrogen and oxygen atoms in total. The zero-order valence-electron chi connectivity index (χ0n) is 21.4. The highest BCUT2D eigenvalue weighted by atomic mass is 16.5. The Morgan fingerprint density at radius 3 is 2.83 bits per heavy atom. The van der Waals surface area contributed by atoms with Gasteiger partial charge >= 0.3 is 5.97 Å². The van der Waals surface area contributed by atoms with Crippen LogP contribution >= 0.6 is 0 Å². The molecule has 1 aliphatic heterocycles. The molecule has 1 saturated heterocycles. The van der Waals surface area contributed by atoms with E-state index in [1.807, 2.05) is 30.5 Å². The molecule has 0 radical (unpaired) electrons. The molecule has 188 valence electrons. The van der Waals surface area contributed by atoms with Gasteiger partial charge in [-0.3, -0.25) is 14.7 Å². The molecule has 0 bridgehead atoms. The van der Waals surface area contributed by atoms with Gasteiger partial charge in [0.2, 0.25) is 0 Å². The smallest absolute Gasteiger partial charge is 0.303 e. The van der Waals surface area contributed by atoms with E-state index in [-0.39, 0.29) is 6.42 Å². The number of methoxy groups -OCH3 is 1. The van der Waals surface area contributed by atoms with Crippen LogP contribution in [0.25, 0.3) is 10.9 Å². The third-order valence-electron chi connectivity index (χ3n) is 7.44. The minimum Gasteiger partial charge on any atom is -0.497 e. The normalized spacial score (nSPS) is 17.9. The van der Waals surface area contributed by atoms with E-state index in [9.17, 15) is 9.90 Å². The molecule has 0 saturated carbocycles. The molecule has 1 aromatic heterocycles. The van der Waals surface area contributed by atoms with Gasteiger partial charge in [0.15, 0.2) is 0 Å². The van der Waals surface area contributed by atoms with Crippen LogP contribution < -0.4 is 4.74 Å². The van der Waals surface area contributed by atoms with Gasteiger partial charge in [0.1, 0.15) is 5.75 Å². The number of aliphatic carboxylic acids is 1. The maximum Gasteiger partial charge on any atom is 0.303 e. The highest BCUT2D eigenvalue weighted by Crippen LogP contribution is 2.32. The van der Waals surface area contributed by atoms with Gasteiger partial charge in [-0.15, -0.1) is 0 Å². The summed E-state index contributed by atoms with van der Waals surface area (Å²) in [7, 11) is 1.69. The fraction of sp³-hybridized carbons (Fsp3) is 0.419. The summed E-state index contributed by atoms with van der Waals surface area (Å²) < 4.78 is 5.42. The van der Waals surface area contributed by atoms with E-state index in [2.05, 4.69) is 52.9 Å².